The normalized spacial score (nSPS) is 13.8. The quantitative estimate of drug-likeness (QED) is 0.745. The molecule has 0 unspecified atom stereocenters. The minimum absolute atomic E-state index is 0.0317. The van der Waals surface area contributed by atoms with Gasteiger partial charge in [0.25, 0.3) is 5.91 Å². The number of rotatable bonds is 3. The number of aromatic amines is 1. The molecule has 1 fully saturated rings. The molecule has 1 aliphatic heterocycles. The van der Waals surface area contributed by atoms with E-state index in [2.05, 4.69) is 20.8 Å². The molecule has 0 atom stereocenters. The standard InChI is InChI=1S/C15H16N4O/c1-10(12-8-16-9-12)15(20)18-13-4-2-11(3-5-13)14-6-7-17-19-14/h2-7,16H,8-9H2,1H3,(H,17,19)(H,18,20). The summed E-state index contributed by atoms with van der Waals surface area (Å²) in [5.74, 6) is -0.0317. The first-order valence-corrected chi connectivity index (χ1v) is 6.54. The molecule has 3 rings (SSSR count). The number of anilines is 1. The van der Waals surface area contributed by atoms with Crippen molar-refractivity contribution < 1.29 is 4.79 Å². The molecule has 102 valence electrons. The monoisotopic (exact) mass is 268 g/mol. The summed E-state index contributed by atoms with van der Waals surface area (Å²) in [6.07, 6.45) is 1.72. The molecule has 2 heterocycles. The van der Waals surface area contributed by atoms with Gasteiger partial charge in [-0.3, -0.25) is 9.89 Å². The lowest BCUT2D eigenvalue weighted by Gasteiger charge is -2.21. The smallest absolute Gasteiger partial charge is 0.251 e. The van der Waals surface area contributed by atoms with E-state index in [0.717, 1.165) is 35.6 Å². The number of amides is 1. The Morgan fingerprint density at radius 1 is 1.20 bits per heavy atom. The Labute approximate surface area is 117 Å². The maximum atomic E-state index is 12.0. The summed E-state index contributed by atoms with van der Waals surface area (Å²) in [4.78, 5) is 12.0. The molecular weight excluding hydrogens is 252 g/mol. The number of nitrogens with one attached hydrogen (secondary N) is 3. The van der Waals surface area contributed by atoms with E-state index >= 15 is 0 Å². The van der Waals surface area contributed by atoms with E-state index in [1.165, 1.54) is 5.57 Å². The largest absolute Gasteiger partial charge is 0.322 e. The van der Waals surface area contributed by atoms with Crippen LogP contribution in [0.3, 0.4) is 0 Å². The number of nitrogens with zero attached hydrogens (tertiary/aromatic N) is 1. The lowest BCUT2D eigenvalue weighted by molar-refractivity contribution is -0.112. The van der Waals surface area contributed by atoms with E-state index in [9.17, 15) is 4.79 Å². The number of aromatic nitrogens is 2. The van der Waals surface area contributed by atoms with Gasteiger partial charge in [0.1, 0.15) is 0 Å². The van der Waals surface area contributed by atoms with E-state index in [-0.39, 0.29) is 5.91 Å². The summed E-state index contributed by atoms with van der Waals surface area (Å²) in [7, 11) is 0. The van der Waals surface area contributed by atoms with Crippen molar-refractivity contribution in [2.45, 2.75) is 6.92 Å². The number of carbonyl (C=O) groups is 1. The summed E-state index contributed by atoms with van der Waals surface area (Å²) >= 11 is 0. The van der Waals surface area contributed by atoms with Crippen LogP contribution in [0.25, 0.3) is 11.3 Å². The van der Waals surface area contributed by atoms with Crippen molar-refractivity contribution in [2.75, 3.05) is 18.4 Å². The van der Waals surface area contributed by atoms with Crippen molar-refractivity contribution in [3.8, 4) is 11.3 Å². The van der Waals surface area contributed by atoms with Crippen LogP contribution >= 0.6 is 0 Å². The first-order valence-electron chi connectivity index (χ1n) is 6.54. The Morgan fingerprint density at radius 2 is 1.95 bits per heavy atom. The van der Waals surface area contributed by atoms with Gasteiger partial charge < -0.3 is 10.6 Å². The highest BCUT2D eigenvalue weighted by molar-refractivity contribution is 6.04. The van der Waals surface area contributed by atoms with Crippen molar-refractivity contribution in [2.24, 2.45) is 0 Å². The predicted octanol–water partition coefficient (Wildman–Crippen LogP) is 1.93. The molecular formula is C15H16N4O. The van der Waals surface area contributed by atoms with Gasteiger partial charge in [-0.1, -0.05) is 12.1 Å². The highest BCUT2D eigenvalue weighted by Crippen LogP contribution is 2.19. The summed E-state index contributed by atoms with van der Waals surface area (Å²) in [5.41, 5.74) is 4.78. The zero-order chi connectivity index (χ0) is 13.9. The topological polar surface area (TPSA) is 69.8 Å². The van der Waals surface area contributed by atoms with Gasteiger partial charge in [0.15, 0.2) is 0 Å². The summed E-state index contributed by atoms with van der Waals surface area (Å²) in [6.45, 7) is 3.50. The van der Waals surface area contributed by atoms with Crippen LogP contribution in [0, 0.1) is 0 Å². The lowest BCUT2D eigenvalue weighted by Crippen LogP contribution is -2.36. The second-order valence-corrected chi connectivity index (χ2v) is 4.83. The average Bonchev–Trinajstić information content (AvgIpc) is 2.91. The summed E-state index contributed by atoms with van der Waals surface area (Å²) in [5, 5.41) is 12.9. The molecule has 1 aliphatic rings. The Hall–Kier alpha value is -2.40. The van der Waals surface area contributed by atoms with Crippen LogP contribution in [0.1, 0.15) is 6.92 Å². The Balaban J connectivity index is 1.71. The van der Waals surface area contributed by atoms with E-state index < -0.39 is 0 Å². The van der Waals surface area contributed by atoms with Gasteiger partial charge in [-0.15, -0.1) is 0 Å². The third-order valence-corrected chi connectivity index (χ3v) is 3.50. The number of H-pyrrole nitrogens is 1. The highest BCUT2D eigenvalue weighted by atomic mass is 16.1. The van der Waals surface area contributed by atoms with Gasteiger partial charge in [0.2, 0.25) is 0 Å². The molecule has 0 aliphatic carbocycles. The van der Waals surface area contributed by atoms with Crippen LogP contribution < -0.4 is 10.6 Å². The van der Waals surface area contributed by atoms with Crippen LogP contribution in [0.2, 0.25) is 0 Å². The SMILES string of the molecule is CC(C(=O)Nc1ccc(-c2ccn[nH]2)cc1)=C1CNC1. The van der Waals surface area contributed by atoms with Gasteiger partial charge in [-0.25, -0.2) is 0 Å². The molecule has 1 aromatic heterocycles. The average molecular weight is 268 g/mol. The third kappa shape index (κ3) is 2.48. The minimum atomic E-state index is -0.0317. The van der Waals surface area contributed by atoms with Gasteiger partial charge in [0, 0.05) is 30.5 Å². The minimum Gasteiger partial charge on any atom is -0.322 e. The zero-order valence-corrected chi connectivity index (χ0v) is 11.2. The molecule has 2 aromatic rings. The van der Waals surface area contributed by atoms with Crippen LogP contribution in [0.15, 0.2) is 47.7 Å². The molecule has 5 heteroatoms. The summed E-state index contributed by atoms with van der Waals surface area (Å²) in [6, 6.07) is 9.61. The van der Waals surface area contributed by atoms with Gasteiger partial charge in [-0.05, 0) is 36.3 Å². The van der Waals surface area contributed by atoms with Crippen molar-refractivity contribution >= 4 is 11.6 Å². The number of benzene rings is 1. The molecule has 0 saturated carbocycles. The Morgan fingerprint density at radius 3 is 2.50 bits per heavy atom. The van der Waals surface area contributed by atoms with Crippen molar-refractivity contribution in [1.29, 1.82) is 0 Å². The second-order valence-electron chi connectivity index (χ2n) is 4.83. The zero-order valence-electron chi connectivity index (χ0n) is 11.2. The molecule has 0 bridgehead atoms. The molecule has 3 N–H and O–H groups in total. The maximum Gasteiger partial charge on any atom is 0.251 e. The van der Waals surface area contributed by atoms with Crippen molar-refractivity contribution in [3.63, 3.8) is 0 Å². The van der Waals surface area contributed by atoms with Crippen LogP contribution in [-0.2, 0) is 4.79 Å². The summed E-state index contributed by atoms with van der Waals surface area (Å²) < 4.78 is 0. The molecule has 5 nitrogen and oxygen atoms in total. The Kier molecular flexibility index (Phi) is 3.35. The number of carbonyl (C=O) groups excluding carboxylic acids is 1. The maximum absolute atomic E-state index is 12.0. The fourth-order valence-corrected chi connectivity index (χ4v) is 2.05. The van der Waals surface area contributed by atoms with Crippen LogP contribution in [-0.4, -0.2) is 29.2 Å². The number of hydrogen-bond donors (Lipinski definition) is 3. The molecule has 1 saturated heterocycles. The molecule has 0 radical (unpaired) electrons. The Bertz CT molecular complexity index is 635. The number of hydrogen-bond acceptors (Lipinski definition) is 3. The van der Waals surface area contributed by atoms with Crippen LogP contribution in [0.5, 0.6) is 0 Å². The van der Waals surface area contributed by atoms with E-state index in [0.29, 0.717) is 0 Å². The van der Waals surface area contributed by atoms with Crippen molar-refractivity contribution in [1.82, 2.24) is 15.5 Å². The van der Waals surface area contributed by atoms with Crippen LogP contribution in [0.4, 0.5) is 5.69 Å². The van der Waals surface area contributed by atoms with Gasteiger partial charge in [0.05, 0.1) is 5.69 Å². The molecule has 1 aromatic carbocycles. The van der Waals surface area contributed by atoms with E-state index in [1.54, 1.807) is 6.20 Å². The van der Waals surface area contributed by atoms with E-state index in [4.69, 9.17) is 0 Å². The third-order valence-electron chi connectivity index (χ3n) is 3.50. The fourth-order valence-electron chi connectivity index (χ4n) is 2.05. The fraction of sp³-hybridized carbons (Fsp3) is 0.200. The van der Waals surface area contributed by atoms with Gasteiger partial charge in [-0.2, -0.15) is 5.10 Å². The molecule has 1 amide bonds. The second kappa shape index (κ2) is 5.30. The van der Waals surface area contributed by atoms with E-state index in [1.807, 2.05) is 37.3 Å². The van der Waals surface area contributed by atoms with Crippen molar-refractivity contribution in [3.05, 3.63) is 47.7 Å². The highest BCUT2D eigenvalue weighted by Gasteiger charge is 2.15. The molecule has 0 spiro atoms. The first kappa shape index (κ1) is 12.6. The molecule has 20 heavy (non-hydrogen) atoms. The van der Waals surface area contributed by atoms with Gasteiger partial charge >= 0.3 is 0 Å². The first-order chi connectivity index (χ1) is 9.74. The predicted molar refractivity (Wildman–Crippen MR) is 78.2 cm³/mol. The lowest BCUT2D eigenvalue weighted by atomic mass is 10.0.